The normalized spacial score (nSPS) is 13.6. The number of carbonyl (C=O) groups excluding carboxylic acids is 1. The zero-order valence-corrected chi connectivity index (χ0v) is 16.8. The minimum Gasteiger partial charge on any atom is -0.496 e. The summed E-state index contributed by atoms with van der Waals surface area (Å²) in [5, 5.41) is 0.0668. The molecule has 7 nitrogen and oxygen atoms in total. The van der Waals surface area contributed by atoms with Gasteiger partial charge in [0.15, 0.2) is 5.78 Å². The fraction of sp³-hybridized carbons (Fsp3) is 0.368. The Morgan fingerprint density at radius 2 is 2.04 bits per heavy atom. The number of anilines is 2. The number of carbonyl (C=O) groups is 1. The first kappa shape index (κ1) is 19.1. The first-order valence-corrected chi connectivity index (χ1v) is 8.90. The number of aryl methyl sites for hydroxylation is 1. The maximum absolute atomic E-state index is 12.9. The van der Waals surface area contributed by atoms with Gasteiger partial charge in [-0.1, -0.05) is 17.2 Å². The Morgan fingerprint density at radius 1 is 1.33 bits per heavy atom. The van der Waals surface area contributed by atoms with Gasteiger partial charge in [0.25, 0.3) is 0 Å². The lowest BCUT2D eigenvalue weighted by atomic mass is 9.96. The first-order chi connectivity index (χ1) is 12.7. The van der Waals surface area contributed by atoms with E-state index in [0.29, 0.717) is 24.5 Å². The Kier molecular flexibility index (Phi) is 5.06. The van der Waals surface area contributed by atoms with Crippen molar-refractivity contribution in [1.82, 2.24) is 15.0 Å². The molecule has 1 aliphatic rings. The number of rotatable bonds is 3. The second-order valence-corrected chi connectivity index (χ2v) is 7.14. The van der Waals surface area contributed by atoms with Crippen molar-refractivity contribution in [2.75, 3.05) is 24.3 Å². The number of Topliss-reactive ketones (excluding diaryl/α,β-unsaturated/α-hetero) is 1. The lowest BCUT2D eigenvalue weighted by Crippen LogP contribution is -2.36. The van der Waals surface area contributed by atoms with E-state index in [1.54, 1.807) is 13.3 Å². The Bertz CT molecular complexity index is 967. The summed E-state index contributed by atoms with van der Waals surface area (Å²) < 4.78 is 5.50. The summed E-state index contributed by atoms with van der Waals surface area (Å²) in [7, 11) is 1.64. The molecule has 142 valence electrons. The van der Waals surface area contributed by atoms with E-state index in [1.165, 1.54) is 0 Å². The van der Waals surface area contributed by atoms with Gasteiger partial charge in [0.1, 0.15) is 22.3 Å². The van der Waals surface area contributed by atoms with Gasteiger partial charge in [-0.3, -0.25) is 9.78 Å². The van der Waals surface area contributed by atoms with Crippen LogP contribution in [0.5, 0.6) is 5.75 Å². The third-order valence-corrected chi connectivity index (χ3v) is 4.98. The third kappa shape index (κ3) is 3.35. The fourth-order valence-corrected chi connectivity index (χ4v) is 3.53. The SMILES string of the molecule is COc1c(C)cnc(CN2CC(=C(C)C)C(=O)c3c(Cl)nc(N)nc32)c1C. The molecule has 8 heteroatoms. The quantitative estimate of drug-likeness (QED) is 0.637. The number of hydrogen-bond donors (Lipinski definition) is 1. The van der Waals surface area contributed by atoms with Crippen LogP contribution in [0.3, 0.4) is 0 Å². The van der Waals surface area contributed by atoms with Crippen molar-refractivity contribution in [2.45, 2.75) is 34.2 Å². The predicted molar refractivity (Wildman–Crippen MR) is 105 cm³/mol. The summed E-state index contributed by atoms with van der Waals surface area (Å²) in [4.78, 5) is 27.6. The number of methoxy groups -OCH3 is 1. The molecule has 2 N–H and O–H groups in total. The number of ether oxygens (including phenoxy) is 1. The molecular formula is C19H22ClN5O2. The van der Waals surface area contributed by atoms with E-state index >= 15 is 0 Å². The number of halogens is 1. The van der Waals surface area contributed by atoms with Crippen LogP contribution >= 0.6 is 11.6 Å². The van der Waals surface area contributed by atoms with Crippen molar-refractivity contribution in [3.63, 3.8) is 0 Å². The largest absolute Gasteiger partial charge is 0.496 e. The summed E-state index contributed by atoms with van der Waals surface area (Å²) in [5.74, 6) is 1.11. The number of nitrogen functional groups attached to an aromatic ring is 1. The van der Waals surface area contributed by atoms with E-state index < -0.39 is 0 Å². The number of nitrogens with two attached hydrogens (primary N) is 1. The highest BCUT2D eigenvalue weighted by atomic mass is 35.5. The van der Waals surface area contributed by atoms with Gasteiger partial charge in [-0.25, -0.2) is 4.98 Å². The number of hydrogen-bond acceptors (Lipinski definition) is 7. The summed E-state index contributed by atoms with van der Waals surface area (Å²) >= 11 is 6.24. The number of ketones is 1. The molecule has 3 rings (SSSR count). The van der Waals surface area contributed by atoms with Gasteiger partial charge < -0.3 is 15.4 Å². The van der Waals surface area contributed by atoms with Crippen LogP contribution in [0, 0.1) is 13.8 Å². The first-order valence-electron chi connectivity index (χ1n) is 8.52. The van der Waals surface area contributed by atoms with E-state index in [4.69, 9.17) is 22.1 Å². The lowest BCUT2D eigenvalue weighted by Gasteiger charge is -2.32. The van der Waals surface area contributed by atoms with E-state index in [0.717, 1.165) is 28.1 Å². The molecule has 3 heterocycles. The van der Waals surface area contributed by atoms with Crippen LogP contribution in [-0.4, -0.2) is 34.4 Å². The third-order valence-electron chi connectivity index (χ3n) is 4.71. The van der Waals surface area contributed by atoms with Crippen LogP contribution in [-0.2, 0) is 6.54 Å². The van der Waals surface area contributed by atoms with Crippen molar-refractivity contribution >= 4 is 29.2 Å². The zero-order chi connectivity index (χ0) is 19.9. The number of aromatic nitrogens is 3. The van der Waals surface area contributed by atoms with Gasteiger partial charge in [0.05, 0.1) is 19.3 Å². The highest BCUT2D eigenvalue weighted by Crippen LogP contribution is 2.35. The van der Waals surface area contributed by atoms with Gasteiger partial charge in [-0.15, -0.1) is 0 Å². The van der Waals surface area contributed by atoms with Gasteiger partial charge in [0.2, 0.25) is 5.95 Å². The van der Waals surface area contributed by atoms with Crippen LogP contribution < -0.4 is 15.4 Å². The Hall–Kier alpha value is -2.67. The number of fused-ring (bicyclic) bond motifs is 1. The highest BCUT2D eigenvalue weighted by molar-refractivity contribution is 6.35. The molecule has 0 aromatic carbocycles. The average molecular weight is 388 g/mol. The van der Waals surface area contributed by atoms with Crippen LogP contribution in [0.1, 0.15) is 41.0 Å². The molecule has 0 fully saturated rings. The molecule has 0 spiro atoms. The van der Waals surface area contributed by atoms with Crippen molar-refractivity contribution in [1.29, 1.82) is 0 Å². The minimum absolute atomic E-state index is 0.0309. The standard InChI is InChI=1S/C19H22ClN5O2/c1-9(2)12-7-25(8-13-11(4)16(27-5)10(3)6-22-13)18-14(15(12)26)17(20)23-19(21)24-18/h6H,7-8H2,1-5H3,(H2,21,23,24). The van der Waals surface area contributed by atoms with E-state index in [1.807, 2.05) is 32.6 Å². The predicted octanol–water partition coefficient (Wildman–Crippen LogP) is 3.27. The second kappa shape index (κ2) is 7.15. The second-order valence-electron chi connectivity index (χ2n) is 6.78. The summed E-state index contributed by atoms with van der Waals surface area (Å²) in [5.41, 5.74) is 10.4. The average Bonchev–Trinajstić information content (AvgIpc) is 2.59. The van der Waals surface area contributed by atoms with Crippen LogP contribution in [0.2, 0.25) is 5.15 Å². The smallest absolute Gasteiger partial charge is 0.223 e. The van der Waals surface area contributed by atoms with Gasteiger partial charge >= 0.3 is 0 Å². The summed E-state index contributed by atoms with van der Waals surface area (Å²) in [6.45, 7) is 8.56. The van der Waals surface area contributed by atoms with E-state index in [9.17, 15) is 4.79 Å². The molecule has 0 radical (unpaired) electrons. The van der Waals surface area contributed by atoms with Gasteiger partial charge in [0, 0.05) is 29.4 Å². The molecule has 0 atom stereocenters. The number of nitrogens with zero attached hydrogens (tertiary/aromatic N) is 4. The highest BCUT2D eigenvalue weighted by Gasteiger charge is 2.33. The minimum atomic E-state index is -0.155. The monoisotopic (exact) mass is 387 g/mol. The lowest BCUT2D eigenvalue weighted by molar-refractivity contribution is 0.102. The number of pyridine rings is 1. The van der Waals surface area contributed by atoms with Crippen molar-refractivity contribution in [2.24, 2.45) is 0 Å². The molecule has 2 aromatic rings. The fourth-order valence-electron chi connectivity index (χ4n) is 3.28. The molecule has 0 saturated heterocycles. The Morgan fingerprint density at radius 3 is 2.67 bits per heavy atom. The maximum Gasteiger partial charge on any atom is 0.223 e. The number of allylic oxidation sites excluding steroid dienone is 1. The van der Waals surface area contributed by atoms with E-state index in [-0.39, 0.29) is 22.4 Å². The Labute approximate surface area is 163 Å². The summed E-state index contributed by atoms with van der Waals surface area (Å²) in [6, 6.07) is 0. The molecule has 0 amide bonds. The molecule has 1 aliphatic heterocycles. The Balaban J connectivity index is 2.13. The van der Waals surface area contributed by atoms with Crippen molar-refractivity contribution < 1.29 is 9.53 Å². The van der Waals surface area contributed by atoms with Crippen molar-refractivity contribution in [3.05, 3.63) is 44.9 Å². The molecule has 0 bridgehead atoms. The van der Waals surface area contributed by atoms with Gasteiger partial charge in [-0.05, 0) is 27.7 Å². The maximum atomic E-state index is 12.9. The molecule has 0 aliphatic carbocycles. The molecule has 2 aromatic heterocycles. The van der Waals surface area contributed by atoms with Crippen molar-refractivity contribution in [3.8, 4) is 5.75 Å². The van der Waals surface area contributed by atoms with E-state index in [2.05, 4.69) is 15.0 Å². The van der Waals surface area contributed by atoms with Crippen LogP contribution in [0.15, 0.2) is 17.3 Å². The molecule has 0 unspecified atom stereocenters. The van der Waals surface area contributed by atoms with Crippen LogP contribution in [0.25, 0.3) is 0 Å². The van der Waals surface area contributed by atoms with Crippen LogP contribution in [0.4, 0.5) is 11.8 Å². The molecule has 0 saturated carbocycles. The van der Waals surface area contributed by atoms with Gasteiger partial charge in [-0.2, -0.15) is 4.98 Å². The topological polar surface area (TPSA) is 94.2 Å². The molecular weight excluding hydrogens is 366 g/mol. The molecule has 27 heavy (non-hydrogen) atoms. The zero-order valence-electron chi connectivity index (χ0n) is 16.1. The summed E-state index contributed by atoms with van der Waals surface area (Å²) in [6.07, 6.45) is 1.78.